The lowest BCUT2D eigenvalue weighted by molar-refractivity contribution is 0.0698. The van der Waals surface area contributed by atoms with E-state index in [1.807, 2.05) is 19.1 Å². The van der Waals surface area contributed by atoms with Crippen LogP contribution in [-0.2, 0) is 10.0 Å². The molecule has 0 N–H and O–H groups in total. The second kappa shape index (κ2) is 6.99. The molecule has 7 nitrogen and oxygen atoms in total. The normalized spacial score (nSPS) is 16.0. The van der Waals surface area contributed by atoms with Crippen molar-refractivity contribution in [2.24, 2.45) is 0 Å². The summed E-state index contributed by atoms with van der Waals surface area (Å²) in [6.45, 7) is 3.20. The fourth-order valence-electron chi connectivity index (χ4n) is 3.14. The lowest BCUT2D eigenvalue weighted by Crippen LogP contribution is -2.50. The first-order valence-corrected chi connectivity index (χ1v) is 10.7. The molecule has 3 aromatic rings. The predicted octanol–water partition coefficient (Wildman–Crippen LogP) is 2.15. The van der Waals surface area contributed by atoms with Gasteiger partial charge in [-0.15, -0.1) is 0 Å². The van der Waals surface area contributed by atoms with E-state index in [0.717, 1.165) is 17.3 Å². The number of fused-ring (bicyclic) bond motifs is 1. The van der Waals surface area contributed by atoms with Crippen LogP contribution in [0.5, 0.6) is 0 Å². The Balaban J connectivity index is 1.51. The minimum absolute atomic E-state index is 0.0714. The molecular formula is C18H18N4O3S2. The Morgan fingerprint density at radius 2 is 1.70 bits per heavy atom. The third-order valence-electron chi connectivity index (χ3n) is 4.69. The molecule has 2 aromatic carbocycles. The van der Waals surface area contributed by atoms with Crippen LogP contribution in [0, 0.1) is 6.92 Å². The van der Waals surface area contributed by atoms with Crippen LogP contribution in [0.4, 0.5) is 0 Å². The van der Waals surface area contributed by atoms with Crippen LogP contribution in [0.2, 0.25) is 0 Å². The lowest BCUT2D eigenvalue weighted by Gasteiger charge is -2.34. The van der Waals surface area contributed by atoms with Crippen molar-refractivity contribution in [1.29, 1.82) is 0 Å². The molecule has 1 fully saturated rings. The Hall–Kier alpha value is -2.36. The first-order chi connectivity index (χ1) is 13.0. The molecule has 140 valence electrons. The standard InChI is InChI=1S/C18H18N4O3S2/c1-13-5-7-14(8-6-13)18(23)21-9-11-22(12-10-21)27(24,25)16-4-2-3-15-17(16)20-26-19-15/h2-8H,9-12H2,1H3. The SMILES string of the molecule is Cc1ccc(C(=O)N2CCN(S(=O)(=O)c3cccc4nsnc34)CC2)cc1. The van der Waals surface area contributed by atoms with Crippen molar-refractivity contribution in [2.45, 2.75) is 11.8 Å². The Morgan fingerprint density at radius 1 is 1.00 bits per heavy atom. The van der Waals surface area contributed by atoms with E-state index >= 15 is 0 Å². The van der Waals surface area contributed by atoms with Gasteiger partial charge < -0.3 is 4.90 Å². The summed E-state index contributed by atoms with van der Waals surface area (Å²) in [5.41, 5.74) is 2.69. The quantitative estimate of drug-likeness (QED) is 0.670. The molecule has 1 saturated heterocycles. The van der Waals surface area contributed by atoms with Crippen LogP contribution in [-0.4, -0.2) is 58.5 Å². The maximum atomic E-state index is 13.0. The summed E-state index contributed by atoms with van der Waals surface area (Å²) in [4.78, 5) is 14.5. The molecule has 0 saturated carbocycles. The number of nitrogens with zero attached hydrogens (tertiary/aromatic N) is 4. The van der Waals surface area contributed by atoms with E-state index in [0.29, 0.717) is 29.7 Å². The number of piperazine rings is 1. The molecule has 9 heteroatoms. The second-order valence-corrected chi connectivity index (χ2v) is 8.89. The average molecular weight is 403 g/mol. The van der Waals surface area contributed by atoms with Crippen molar-refractivity contribution in [3.05, 3.63) is 53.6 Å². The number of carbonyl (C=O) groups is 1. The van der Waals surface area contributed by atoms with E-state index in [-0.39, 0.29) is 23.9 Å². The van der Waals surface area contributed by atoms with Gasteiger partial charge in [-0.25, -0.2) is 8.42 Å². The zero-order valence-corrected chi connectivity index (χ0v) is 16.3. The summed E-state index contributed by atoms with van der Waals surface area (Å²) >= 11 is 0.997. The maximum Gasteiger partial charge on any atom is 0.253 e. The zero-order valence-electron chi connectivity index (χ0n) is 14.7. The topological polar surface area (TPSA) is 83.5 Å². The Labute approximate surface area is 161 Å². The van der Waals surface area contributed by atoms with Gasteiger partial charge in [-0.2, -0.15) is 13.1 Å². The van der Waals surface area contributed by atoms with Gasteiger partial charge in [-0.3, -0.25) is 4.79 Å². The number of sulfonamides is 1. The molecule has 0 unspecified atom stereocenters. The van der Waals surface area contributed by atoms with Crippen molar-refractivity contribution >= 4 is 38.7 Å². The molecule has 4 rings (SSSR count). The summed E-state index contributed by atoms with van der Waals surface area (Å²) in [6, 6.07) is 12.4. The van der Waals surface area contributed by atoms with E-state index in [1.165, 1.54) is 4.31 Å². The third kappa shape index (κ3) is 3.33. The number of hydrogen-bond donors (Lipinski definition) is 0. The van der Waals surface area contributed by atoms with Crippen LogP contribution in [0.15, 0.2) is 47.4 Å². The molecule has 0 radical (unpaired) electrons. The average Bonchev–Trinajstić information content (AvgIpc) is 3.17. The number of hydrogen-bond acceptors (Lipinski definition) is 6. The summed E-state index contributed by atoms with van der Waals surface area (Å²) in [5, 5.41) is 0. The first kappa shape index (κ1) is 18.0. The van der Waals surface area contributed by atoms with Crippen molar-refractivity contribution < 1.29 is 13.2 Å². The van der Waals surface area contributed by atoms with Gasteiger partial charge in [0.05, 0.1) is 11.7 Å². The number of amides is 1. The highest BCUT2D eigenvalue weighted by molar-refractivity contribution is 7.89. The molecule has 0 spiro atoms. The van der Waals surface area contributed by atoms with Crippen molar-refractivity contribution in [2.75, 3.05) is 26.2 Å². The van der Waals surface area contributed by atoms with E-state index in [9.17, 15) is 13.2 Å². The van der Waals surface area contributed by atoms with E-state index in [1.54, 1.807) is 35.2 Å². The number of benzene rings is 2. The van der Waals surface area contributed by atoms with Gasteiger partial charge >= 0.3 is 0 Å². The molecule has 1 aliphatic heterocycles. The summed E-state index contributed by atoms with van der Waals surface area (Å²) in [7, 11) is -3.68. The van der Waals surface area contributed by atoms with Gasteiger partial charge in [0.1, 0.15) is 15.9 Å². The number of aromatic nitrogens is 2. The second-order valence-electron chi connectivity index (χ2n) is 6.45. The van der Waals surface area contributed by atoms with Gasteiger partial charge in [0, 0.05) is 31.7 Å². The largest absolute Gasteiger partial charge is 0.336 e. The maximum absolute atomic E-state index is 13.0. The van der Waals surface area contributed by atoms with Gasteiger partial charge in [0.15, 0.2) is 0 Å². The molecule has 27 heavy (non-hydrogen) atoms. The summed E-state index contributed by atoms with van der Waals surface area (Å²) in [6.07, 6.45) is 0. The molecule has 2 heterocycles. The highest BCUT2D eigenvalue weighted by atomic mass is 32.2. The molecular weight excluding hydrogens is 384 g/mol. The number of carbonyl (C=O) groups excluding carboxylic acids is 1. The molecule has 0 aliphatic carbocycles. The molecule has 1 aromatic heterocycles. The monoisotopic (exact) mass is 402 g/mol. The van der Waals surface area contributed by atoms with E-state index in [4.69, 9.17) is 0 Å². The van der Waals surface area contributed by atoms with E-state index in [2.05, 4.69) is 8.75 Å². The minimum Gasteiger partial charge on any atom is -0.336 e. The van der Waals surface area contributed by atoms with Gasteiger partial charge in [-0.05, 0) is 31.2 Å². The fourth-order valence-corrected chi connectivity index (χ4v) is 5.31. The number of aryl methyl sites for hydroxylation is 1. The smallest absolute Gasteiger partial charge is 0.253 e. The number of rotatable bonds is 3. The summed E-state index contributed by atoms with van der Waals surface area (Å²) in [5.74, 6) is -0.0714. The van der Waals surface area contributed by atoms with Gasteiger partial charge in [0.2, 0.25) is 10.0 Å². The van der Waals surface area contributed by atoms with Crippen LogP contribution < -0.4 is 0 Å². The van der Waals surface area contributed by atoms with Gasteiger partial charge in [-0.1, -0.05) is 23.8 Å². The van der Waals surface area contributed by atoms with Crippen LogP contribution in [0.25, 0.3) is 11.0 Å². The van der Waals surface area contributed by atoms with Crippen LogP contribution in [0.1, 0.15) is 15.9 Å². The Morgan fingerprint density at radius 3 is 2.41 bits per heavy atom. The first-order valence-electron chi connectivity index (χ1n) is 8.54. The molecule has 0 atom stereocenters. The predicted molar refractivity (Wildman–Crippen MR) is 103 cm³/mol. The van der Waals surface area contributed by atoms with Gasteiger partial charge in [0.25, 0.3) is 5.91 Å². The van der Waals surface area contributed by atoms with Crippen molar-refractivity contribution in [3.8, 4) is 0 Å². The molecule has 1 aliphatic rings. The van der Waals surface area contributed by atoms with E-state index < -0.39 is 10.0 Å². The van der Waals surface area contributed by atoms with Crippen molar-refractivity contribution in [3.63, 3.8) is 0 Å². The highest BCUT2D eigenvalue weighted by Gasteiger charge is 2.32. The zero-order chi connectivity index (χ0) is 19.0. The summed E-state index contributed by atoms with van der Waals surface area (Å²) < 4.78 is 35.7. The lowest BCUT2D eigenvalue weighted by atomic mass is 10.1. The third-order valence-corrected chi connectivity index (χ3v) is 7.16. The molecule has 0 bridgehead atoms. The Kier molecular flexibility index (Phi) is 4.67. The van der Waals surface area contributed by atoms with Crippen LogP contribution in [0.3, 0.4) is 0 Å². The molecule has 1 amide bonds. The highest BCUT2D eigenvalue weighted by Crippen LogP contribution is 2.25. The Bertz CT molecular complexity index is 1090. The van der Waals surface area contributed by atoms with Crippen LogP contribution >= 0.6 is 11.7 Å². The van der Waals surface area contributed by atoms with Crippen molar-refractivity contribution in [1.82, 2.24) is 18.0 Å². The minimum atomic E-state index is -3.68. The fraction of sp³-hybridized carbons (Fsp3) is 0.278.